The van der Waals surface area contributed by atoms with Gasteiger partial charge in [-0.1, -0.05) is 43.2 Å². The number of benzene rings is 2. The van der Waals surface area contributed by atoms with Crippen molar-refractivity contribution in [1.29, 1.82) is 0 Å². The molecule has 1 aliphatic carbocycles. The summed E-state index contributed by atoms with van der Waals surface area (Å²) in [6.45, 7) is 3.40. The quantitative estimate of drug-likeness (QED) is 0.787. The highest BCUT2D eigenvalue weighted by molar-refractivity contribution is 5.38. The molecule has 0 radical (unpaired) electrons. The molecule has 1 saturated heterocycles. The summed E-state index contributed by atoms with van der Waals surface area (Å²) >= 11 is 0. The average molecular weight is 335 g/mol. The van der Waals surface area contributed by atoms with E-state index in [1.54, 1.807) is 18.2 Å². The predicted molar refractivity (Wildman–Crippen MR) is 103 cm³/mol. The van der Waals surface area contributed by atoms with Gasteiger partial charge in [0.2, 0.25) is 0 Å². The fourth-order valence-corrected chi connectivity index (χ4v) is 4.25. The summed E-state index contributed by atoms with van der Waals surface area (Å²) in [4.78, 5) is 0. The standard InChI is InChI=1S/C23H29NO/c1-16-18(9-8-17-6-7-17)4-3-5-22(16)20-14-23(24-15-20)19-10-12-21(25-2)13-11-19/h3-5,10-13,17,20,23-24H,6-9,14-15H2,1-2H3. The zero-order valence-corrected chi connectivity index (χ0v) is 15.4. The molecule has 132 valence electrons. The van der Waals surface area contributed by atoms with E-state index < -0.39 is 0 Å². The Balaban J connectivity index is 1.46. The van der Waals surface area contributed by atoms with E-state index in [1.807, 2.05) is 0 Å². The molecule has 2 unspecified atom stereocenters. The SMILES string of the molecule is COc1ccc(C2CC(c3cccc(CCC4CC4)c3C)CN2)cc1. The first kappa shape index (κ1) is 16.7. The molecule has 1 aliphatic heterocycles. The molecule has 0 bridgehead atoms. The van der Waals surface area contributed by atoms with Crippen LogP contribution < -0.4 is 10.1 Å². The van der Waals surface area contributed by atoms with Gasteiger partial charge in [0.25, 0.3) is 0 Å². The Labute approximate surface area is 151 Å². The molecule has 4 rings (SSSR count). The van der Waals surface area contributed by atoms with Crippen LogP contribution >= 0.6 is 0 Å². The summed E-state index contributed by atoms with van der Waals surface area (Å²) in [6, 6.07) is 15.9. The normalized spacial score (nSPS) is 23.0. The van der Waals surface area contributed by atoms with Crippen LogP contribution in [-0.2, 0) is 6.42 Å². The van der Waals surface area contributed by atoms with Gasteiger partial charge in [-0.3, -0.25) is 0 Å². The molecule has 0 aromatic heterocycles. The number of aryl methyl sites for hydroxylation is 1. The first-order chi connectivity index (χ1) is 12.2. The second kappa shape index (κ2) is 7.21. The van der Waals surface area contributed by atoms with E-state index >= 15 is 0 Å². The topological polar surface area (TPSA) is 21.3 Å². The molecular weight excluding hydrogens is 306 g/mol. The maximum Gasteiger partial charge on any atom is 0.118 e. The summed E-state index contributed by atoms with van der Waals surface area (Å²) in [6.07, 6.45) is 6.72. The predicted octanol–water partition coefficient (Wildman–Crippen LogP) is 5.16. The Morgan fingerprint density at radius 3 is 2.60 bits per heavy atom. The monoisotopic (exact) mass is 335 g/mol. The molecule has 1 N–H and O–H groups in total. The zero-order valence-electron chi connectivity index (χ0n) is 15.4. The summed E-state index contributed by atoms with van der Waals surface area (Å²) < 4.78 is 5.27. The van der Waals surface area contributed by atoms with E-state index in [0.29, 0.717) is 12.0 Å². The summed E-state index contributed by atoms with van der Waals surface area (Å²) in [7, 11) is 1.72. The number of methoxy groups -OCH3 is 1. The number of rotatable bonds is 6. The molecular formula is C23H29NO. The third-order valence-electron chi connectivity index (χ3n) is 6.10. The first-order valence-corrected chi connectivity index (χ1v) is 9.70. The van der Waals surface area contributed by atoms with Crippen molar-refractivity contribution in [2.75, 3.05) is 13.7 Å². The average Bonchev–Trinajstić information content (AvgIpc) is 3.35. The maximum absolute atomic E-state index is 5.27. The van der Waals surface area contributed by atoms with Crippen molar-refractivity contribution in [1.82, 2.24) is 5.32 Å². The highest BCUT2D eigenvalue weighted by Crippen LogP contribution is 2.37. The smallest absolute Gasteiger partial charge is 0.118 e. The van der Waals surface area contributed by atoms with Gasteiger partial charge in [0.1, 0.15) is 5.75 Å². The third-order valence-corrected chi connectivity index (χ3v) is 6.10. The lowest BCUT2D eigenvalue weighted by Crippen LogP contribution is -2.13. The number of nitrogens with one attached hydrogen (secondary N) is 1. The second-order valence-corrected chi connectivity index (χ2v) is 7.78. The third kappa shape index (κ3) is 3.74. The second-order valence-electron chi connectivity index (χ2n) is 7.78. The summed E-state index contributed by atoms with van der Waals surface area (Å²) in [5.74, 6) is 2.56. The van der Waals surface area contributed by atoms with E-state index in [1.165, 1.54) is 43.2 Å². The molecule has 0 amide bonds. The van der Waals surface area contributed by atoms with Crippen LogP contribution in [0.25, 0.3) is 0 Å². The fraction of sp³-hybridized carbons (Fsp3) is 0.478. The van der Waals surface area contributed by atoms with Crippen molar-refractivity contribution in [3.05, 3.63) is 64.7 Å². The van der Waals surface area contributed by atoms with Gasteiger partial charge >= 0.3 is 0 Å². The van der Waals surface area contributed by atoms with E-state index in [4.69, 9.17) is 4.74 Å². The van der Waals surface area contributed by atoms with Crippen molar-refractivity contribution in [3.8, 4) is 5.75 Å². The minimum Gasteiger partial charge on any atom is -0.497 e. The van der Waals surface area contributed by atoms with Crippen LogP contribution in [0.3, 0.4) is 0 Å². The molecule has 25 heavy (non-hydrogen) atoms. The lowest BCUT2D eigenvalue weighted by Gasteiger charge is -2.17. The van der Waals surface area contributed by atoms with E-state index in [9.17, 15) is 0 Å². The minimum absolute atomic E-state index is 0.449. The van der Waals surface area contributed by atoms with Gasteiger partial charge in [-0.25, -0.2) is 0 Å². The van der Waals surface area contributed by atoms with Crippen LogP contribution in [0.5, 0.6) is 5.75 Å². The Bertz CT molecular complexity index is 717. The first-order valence-electron chi connectivity index (χ1n) is 9.70. The van der Waals surface area contributed by atoms with Crippen LogP contribution in [0.4, 0.5) is 0 Å². The molecule has 1 saturated carbocycles. The molecule has 2 aromatic carbocycles. The van der Waals surface area contributed by atoms with Crippen molar-refractivity contribution in [2.45, 2.75) is 51.0 Å². The fourth-order valence-electron chi connectivity index (χ4n) is 4.25. The van der Waals surface area contributed by atoms with Crippen LogP contribution in [0.15, 0.2) is 42.5 Å². The molecule has 2 aromatic rings. The van der Waals surface area contributed by atoms with E-state index in [-0.39, 0.29) is 0 Å². The zero-order chi connectivity index (χ0) is 17.2. The van der Waals surface area contributed by atoms with E-state index in [2.05, 4.69) is 54.7 Å². The van der Waals surface area contributed by atoms with Crippen molar-refractivity contribution < 1.29 is 4.74 Å². The van der Waals surface area contributed by atoms with Crippen LogP contribution in [0.1, 0.15) is 59.9 Å². The van der Waals surface area contributed by atoms with Crippen LogP contribution in [-0.4, -0.2) is 13.7 Å². The van der Waals surface area contributed by atoms with Crippen molar-refractivity contribution in [2.24, 2.45) is 5.92 Å². The molecule has 1 heterocycles. The molecule has 2 atom stereocenters. The van der Waals surface area contributed by atoms with Gasteiger partial charge in [0.15, 0.2) is 0 Å². The lowest BCUT2D eigenvalue weighted by atomic mass is 9.88. The van der Waals surface area contributed by atoms with Gasteiger partial charge < -0.3 is 10.1 Å². The Kier molecular flexibility index (Phi) is 4.80. The molecule has 2 fully saturated rings. The highest BCUT2D eigenvalue weighted by atomic mass is 16.5. The summed E-state index contributed by atoms with van der Waals surface area (Å²) in [5.41, 5.74) is 6.02. The van der Waals surface area contributed by atoms with Crippen molar-refractivity contribution in [3.63, 3.8) is 0 Å². The Morgan fingerprint density at radius 2 is 1.88 bits per heavy atom. The number of hydrogen-bond acceptors (Lipinski definition) is 2. The number of ether oxygens (including phenoxy) is 1. The molecule has 0 spiro atoms. The number of hydrogen-bond donors (Lipinski definition) is 1. The van der Waals surface area contributed by atoms with Gasteiger partial charge in [-0.05, 0) is 72.4 Å². The molecule has 2 aliphatic rings. The van der Waals surface area contributed by atoms with Crippen molar-refractivity contribution >= 4 is 0 Å². The van der Waals surface area contributed by atoms with Crippen LogP contribution in [0.2, 0.25) is 0 Å². The van der Waals surface area contributed by atoms with E-state index in [0.717, 1.165) is 18.2 Å². The van der Waals surface area contributed by atoms with Gasteiger partial charge in [-0.15, -0.1) is 0 Å². The van der Waals surface area contributed by atoms with Gasteiger partial charge in [-0.2, -0.15) is 0 Å². The molecule has 2 heteroatoms. The lowest BCUT2D eigenvalue weighted by molar-refractivity contribution is 0.414. The Morgan fingerprint density at radius 1 is 1.08 bits per heavy atom. The summed E-state index contributed by atoms with van der Waals surface area (Å²) in [5, 5.41) is 3.73. The largest absolute Gasteiger partial charge is 0.497 e. The highest BCUT2D eigenvalue weighted by Gasteiger charge is 2.28. The minimum atomic E-state index is 0.449. The molecule has 2 nitrogen and oxygen atoms in total. The Hall–Kier alpha value is -1.80. The van der Waals surface area contributed by atoms with Gasteiger partial charge in [0, 0.05) is 12.6 Å². The maximum atomic E-state index is 5.27. The van der Waals surface area contributed by atoms with Crippen LogP contribution in [0, 0.1) is 12.8 Å². The van der Waals surface area contributed by atoms with Gasteiger partial charge in [0.05, 0.1) is 7.11 Å².